The second-order valence-corrected chi connectivity index (χ2v) is 2.33. The van der Waals surface area contributed by atoms with Gasteiger partial charge in [0.1, 0.15) is 0 Å². The molecule has 0 atom stereocenters. The summed E-state index contributed by atoms with van der Waals surface area (Å²) in [6.07, 6.45) is 3.53. The van der Waals surface area contributed by atoms with Crippen LogP contribution in [0.4, 0.5) is 5.69 Å². The molecular formula is C7H10N2S. The van der Waals surface area contributed by atoms with Crippen LogP contribution in [0.2, 0.25) is 0 Å². The van der Waals surface area contributed by atoms with E-state index >= 15 is 0 Å². The van der Waals surface area contributed by atoms with Gasteiger partial charge in [0.25, 0.3) is 0 Å². The topological polar surface area (TPSA) is 24.9 Å². The minimum atomic E-state index is 0.850. The zero-order valence-electron chi connectivity index (χ0n) is 5.62. The number of anilines is 1. The predicted octanol–water partition coefficient (Wildman–Crippen LogP) is 1.42. The highest BCUT2D eigenvalue weighted by atomic mass is 32.1. The van der Waals surface area contributed by atoms with E-state index in [1.807, 2.05) is 12.1 Å². The quantitative estimate of drug-likeness (QED) is 0.644. The maximum Gasteiger partial charge on any atom is 0.0371 e. The standard InChI is InChI=1S/C7H10N2S/c10-6-5-9-7-1-3-8-4-2-7/h1-4,10H,5-6H2,(H,8,9). The number of thiol groups is 1. The van der Waals surface area contributed by atoms with Gasteiger partial charge >= 0.3 is 0 Å². The number of nitrogens with one attached hydrogen (secondary N) is 1. The molecule has 0 amide bonds. The summed E-state index contributed by atoms with van der Waals surface area (Å²) in [7, 11) is 0. The summed E-state index contributed by atoms with van der Waals surface area (Å²) in [5.74, 6) is 0.850. The number of pyridine rings is 1. The minimum absolute atomic E-state index is 0.850. The van der Waals surface area contributed by atoms with Gasteiger partial charge in [-0.05, 0) is 12.1 Å². The molecule has 0 bridgehead atoms. The van der Waals surface area contributed by atoms with Gasteiger partial charge in [0, 0.05) is 30.4 Å². The van der Waals surface area contributed by atoms with Crippen molar-refractivity contribution >= 4 is 18.3 Å². The van der Waals surface area contributed by atoms with Crippen LogP contribution in [0, 0.1) is 0 Å². The zero-order chi connectivity index (χ0) is 7.23. The SMILES string of the molecule is SCCNc1ccncc1. The molecule has 1 aromatic heterocycles. The van der Waals surface area contributed by atoms with Crippen LogP contribution < -0.4 is 5.32 Å². The van der Waals surface area contributed by atoms with E-state index in [0.717, 1.165) is 18.0 Å². The molecule has 10 heavy (non-hydrogen) atoms. The van der Waals surface area contributed by atoms with Gasteiger partial charge in [-0.2, -0.15) is 12.6 Å². The van der Waals surface area contributed by atoms with Crippen LogP contribution in [0.15, 0.2) is 24.5 Å². The van der Waals surface area contributed by atoms with E-state index in [9.17, 15) is 0 Å². The number of hydrogen-bond donors (Lipinski definition) is 2. The first-order valence-electron chi connectivity index (χ1n) is 3.18. The molecule has 0 aliphatic carbocycles. The lowest BCUT2D eigenvalue weighted by Crippen LogP contribution is -2.01. The smallest absolute Gasteiger partial charge is 0.0371 e. The predicted molar refractivity (Wildman–Crippen MR) is 46.6 cm³/mol. The Morgan fingerprint density at radius 1 is 1.40 bits per heavy atom. The second-order valence-electron chi connectivity index (χ2n) is 1.89. The van der Waals surface area contributed by atoms with Gasteiger partial charge < -0.3 is 5.32 Å². The van der Waals surface area contributed by atoms with Crippen molar-refractivity contribution in [1.29, 1.82) is 0 Å². The van der Waals surface area contributed by atoms with Gasteiger partial charge in [-0.3, -0.25) is 4.98 Å². The van der Waals surface area contributed by atoms with Gasteiger partial charge in [-0.1, -0.05) is 0 Å². The summed E-state index contributed by atoms with van der Waals surface area (Å²) in [5, 5.41) is 3.18. The Balaban J connectivity index is 2.43. The van der Waals surface area contributed by atoms with Gasteiger partial charge in [-0.15, -0.1) is 0 Å². The summed E-state index contributed by atoms with van der Waals surface area (Å²) < 4.78 is 0. The lowest BCUT2D eigenvalue weighted by atomic mass is 10.4. The highest BCUT2D eigenvalue weighted by Crippen LogP contribution is 2.01. The van der Waals surface area contributed by atoms with Crippen molar-refractivity contribution in [3.05, 3.63) is 24.5 Å². The van der Waals surface area contributed by atoms with E-state index in [-0.39, 0.29) is 0 Å². The van der Waals surface area contributed by atoms with E-state index in [4.69, 9.17) is 0 Å². The van der Waals surface area contributed by atoms with Crippen molar-refractivity contribution in [2.45, 2.75) is 0 Å². The second kappa shape index (κ2) is 4.17. The van der Waals surface area contributed by atoms with E-state index in [1.54, 1.807) is 12.4 Å². The van der Waals surface area contributed by atoms with E-state index in [0.29, 0.717) is 0 Å². The Kier molecular flexibility index (Phi) is 3.09. The Morgan fingerprint density at radius 2 is 2.10 bits per heavy atom. The molecule has 54 valence electrons. The Morgan fingerprint density at radius 3 is 2.70 bits per heavy atom. The molecule has 0 unspecified atom stereocenters. The number of hydrogen-bond acceptors (Lipinski definition) is 3. The molecule has 0 aliphatic heterocycles. The summed E-state index contributed by atoms with van der Waals surface area (Å²) in [6, 6.07) is 3.87. The van der Waals surface area contributed by atoms with Crippen molar-refractivity contribution in [3.63, 3.8) is 0 Å². The molecule has 0 saturated carbocycles. The Hall–Kier alpha value is -0.700. The lowest BCUT2D eigenvalue weighted by molar-refractivity contribution is 1.22. The van der Waals surface area contributed by atoms with Crippen molar-refractivity contribution in [1.82, 2.24) is 4.98 Å². The Labute approximate surface area is 66.1 Å². The molecule has 0 saturated heterocycles. The average molecular weight is 154 g/mol. The van der Waals surface area contributed by atoms with Crippen LogP contribution in [-0.4, -0.2) is 17.3 Å². The summed E-state index contributed by atoms with van der Waals surface area (Å²) >= 11 is 4.07. The minimum Gasteiger partial charge on any atom is -0.384 e. The fourth-order valence-corrected chi connectivity index (χ4v) is 0.782. The molecule has 0 aliphatic rings. The molecule has 1 aromatic rings. The number of aromatic nitrogens is 1. The van der Waals surface area contributed by atoms with E-state index < -0.39 is 0 Å². The van der Waals surface area contributed by atoms with Crippen LogP contribution in [0.1, 0.15) is 0 Å². The highest BCUT2D eigenvalue weighted by molar-refractivity contribution is 7.80. The highest BCUT2D eigenvalue weighted by Gasteiger charge is 1.85. The fraction of sp³-hybridized carbons (Fsp3) is 0.286. The van der Waals surface area contributed by atoms with E-state index in [1.165, 1.54) is 0 Å². The Bertz CT molecular complexity index is 176. The first-order chi connectivity index (χ1) is 4.93. The van der Waals surface area contributed by atoms with Gasteiger partial charge in [0.15, 0.2) is 0 Å². The third kappa shape index (κ3) is 2.27. The fourth-order valence-electron chi connectivity index (χ4n) is 0.670. The maximum absolute atomic E-state index is 4.07. The van der Waals surface area contributed by atoms with Crippen molar-refractivity contribution < 1.29 is 0 Å². The molecule has 0 aromatic carbocycles. The molecule has 1 rings (SSSR count). The van der Waals surface area contributed by atoms with Crippen LogP contribution in [0.5, 0.6) is 0 Å². The maximum atomic E-state index is 4.07. The van der Waals surface area contributed by atoms with Crippen LogP contribution in [-0.2, 0) is 0 Å². The third-order valence-electron chi connectivity index (χ3n) is 1.12. The van der Waals surface area contributed by atoms with E-state index in [2.05, 4.69) is 22.9 Å². The molecule has 2 nitrogen and oxygen atoms in total. The molecule has 0 fully saturated rings. The molecule has 0 spiro atoms. The van der Waals surface area contributed by atoms with Crippen molar-refractivity contribution in [2.24, 2.45) is 0 Å². The van der Waals surface area contributed by atoms with Crippen molar-refractivity contribution in [3.8, 4) is 0 Å². The monoisotopic (exact) mass is 154 g/mol. The number of nitrogens with zero attached hydrogens (tertiary/aromatic N) is 1. The largest absolute Gasteiger partial charge is 0.384 e. The average Bonchev–Trinajstić information content (AvgIpc) is 2.03. The van der Waals surface area contributed by atoms with Crippen molar-refractivity contribution in [2.75, 3.05) is 17.6 Å². The first-order valence-corrected chi connectivity index (χ1v) is 3.81. The first kappa shape index (κ1) is 7.41. The summed E-state index contributed by atoms with van der Waals surface area (Å²) in [6.45, 7) is 0.896. The molecular weight excluding hydrogens is 144 g/mol. The van der Waals surface area contributed by atoms with Gasteiger partial charge in [0.05, 0.1) is 0 Å². The van der Waals surface area contributed by atoms with Crippen LogP contribution in [0.3, 0.4) is 0 Å². The normalized spacial score (nSPS) is 9.30. The summed E-state index contributed by atoms with van der Waals surface area (Å²) in [4.78, 5) is 3.89. The van der Waals surface area contributed by atoms with Crippen LogP contribution >= 0.6 is 12.6 Å². The number of rotatable bonds is 3. The third-order valence-corrected chi connectivity index (χ3v) is 1.34. The molecule has 1 N–H and O–H groups in total. The summed E-state index contributed by atoms with van der Waals surface area (Å²) in [5.41, 5.74) is 1.10. The van der Waals surface area contributed by atoms with Gasteiger partial charge in [0.2, 0.25) is 0 Å². The lowest BCUT2D eigenvalue weighted by Gasteiger charge is -2.01. The van der Waals surface area contributed by atoms with Crippen LogP contribution in [0.25, 0.3) is 0 Å². The molecule has 3 heteroatoms. The van der Waals surface area contributed by atoms with Gasteiger partial charge in [-0.25, -0.2) is 0 Å². The molecule has 1 heterocycles. The molecule has 0 radical (unpaired) electrons. The zero-order valence-corrected chi connectivity index (χ0v) is 6.51.